The van der Waals surface area contributed by atoms with Gasteiger partial charge in [-0.15, -0.1) is 5.10 Å². The van der Waals surface area contributed by atoms with Gasteiger partial charge in [0.15, 0.2) is 0 Å². The Labute approximate surface area is 153 Å². The fourth-order valence-electron chi connectivity index (χ4n) is 3.87. The highest BCUT2D eigenvalue weighted by Gasteiger charge is 2.55. The first kappa shape index (κ1) is 17.3. The van der Waals surface area contributed by atoms with Gasteiger partial charge < -0.3 is 14.4 Å². The Morgan fingerprint density at radius 1 is 1.38 bits per heavy atom. The van der Waals surface area contributed by atoms with Crippen molar-refractivity contribution in [1.29, 1.82) is 0 Å². The fourth-order valence-corrected chi connectivity index (χ4v) is 3.87. The van der Waals surface area contributed by atoms with Crippen LogP contribution in [0.25, 0.3) is 0 Å². The Hall–Kier alpha value is -2.15. The molecule has 0 saturated heterocycles. The van der Waals surface area contributed by atoms with Gasteiger partial charge in [0, 0.05) is 25.1 Å². The van der Waals surface area contributed by atoms with E-state index in [1.54, 1.807) is 17.1 Å². The highest BCUT2D eigenvalue weighted by atomic mass is 16.3. The Kier molecular flexibility index (Phi) is 4.14. The number of furan rings is 1. The molecule has 3 heterocycles. The van der Waals surface area contributed by atoms with Crippen molar-refractivity contribution in [3.8, 4) is 0 Å². The zero-order valence-corrected chi connectivity index (χ0v) is 15.4. The van der Waals surface area contributed by atoms with Crippen molar-refractivity contribution in [3.05, 3.63) is 35.5 Å². The Morgan fingerprint density at radius 2 is 2.15 bits per heavy atom. The predicted octanol–water partition coefficient (Wildman–Crippen LogP) is 2.34. The van der Waals surface area contributed by atoms with Gasteiger partial charge in [0.05, 0.1) is 12.5 Å². The third-order valence-electron chi connectivity index (χ3n) is 6.02. The van der Waals surface area contributed by atoms with E-state index in [0.29, 0.717) is 25.1 Å². The van der Waals surface area contributed by atoms with Crippen LogP contribution in [0.3, 0.4) is 0 Å². The molecule has 1 N–H and O–H groups in total. The number of nitrogens with zero attached hydrogens (tertiary/aromatic N) is 4. The number of fused-ring (bicyclic) bond motifs is 1. The summed E-state index contributed by atoms with van der Waals surface area (Å²) in [5.74, 6) is 1.09. The number of aromatic nitrogens is 3. The summed E-state index contributed by atoms with van der Waals surface area (Å²) < 4.78 is 7.20. The molecule has 0 spiro atoms. The van der Waals surface area contributed by atoms with Crippen LogP contribution >= 0.6 is 0 Å². The Morgan fingerprint density at radius 3 is 2.85 bits per heavy atom. The van der Waals surface area contributed by atoms with Gasteiger partial charge in [-0.25, -0.2) is 4.68 Å². The second kappa shape index (κ2) is 6.23. The lowest BCUT2D eigenvalue weighted by Crippen LogP contribution is -2.42. The summed E-state index contributed by atoms with van der Waals surface area (Å²) in [7, 11) is 0. The van der Waals surface area contributed by atoms with Gasteiger partial charge >= 0.3 is 0 Å². The minimum atomic E-state index is -0.980. The van der Waals surface area contributed by atoms with E-state index in [1.807, 2.05) is 24.8 Å². The highest BCUT2D eigenvalue weighted by molar-refractivity contribution is 5.87. The zero-order valence-electron chi connectivity index (χ0n) is 15.4. The smallest absolute Gasteiger partial charge is 0.250 e. The number of aryl methyl sites for hydroxylation is 1. The van der Waals surface area contributed by atoms with E-state index in [-0.39, 0.29) is 5.91 Å². The predicted molar refractivity (Wildman–Crippen MR) is 94.2 cm³/mol. The van der Waals surface area contributed by atoms with Crippen LogP contribution in [-0.2, 0) is 28.9 Å². The summed E-state index contributed by atoms with van der Waals surface area (Å²) in [6.45, 7) is 5.17. The molecule has 4 rings (SSSR count). The van der Waals surface area contributed by atoms with Crippen LogP contribution in [-0.4, -0.2) is 37.5 Å². The van der Waals surface area contributed by atoms with Crippen LogP contribution in [0.4, 0.5) is 0 Å². The Bertz CT molecular complexity index is 801. The molecule has 7 nitrogen and oxygen atoms in total. The van der Waals surface area contributed by atoms with Gasteiger partial charge in [-0.1, -0.05) is 19.1 Å². The van der Waals surface area contributed by atoms with Crippen LogP contribution in [0.5, 0.6) is 0 Å². The molecule has 0 unspecified atom stereocenters. The molecule has 2 aromatic rings. The van der Waals surface area contributed by atoms with Crippen LogP contribution in [0.1, 0.15) is 63.0 Å². The third-order valence-corrected chi connectivity index (χ3v) is 6.02. The first-order valence-corrected chi connectivity index (χ1v) is 9.53. The quantitative estimate of drug-likeness (QED) is 0.887. The second-order valence-corrected chi connectivity index (χ2v) is 7.52. The summed E-state index contributed by atoms with van der Waals surface area (Å²) in [5.41, 5.74) is 0.0277. The number of amides is 1. The number of rotatable bonds is 5. The standard InChI is InChI=1S/C19H26N4O3/c1-3-19(25,4-2)16-13-23(21-20-16)18(8-9-18)17(24)22-10-5-6-15-14(12-22)7-11-26-15/h7,11,13,25H,3-6,8-10,12H2,1-2H3. The molecule has 0 aromatic carbocycles. The van der Waals surface area contributed by atoms with Crippen LogP contribution < -0.4 is 0 Å². The van der Waals surface area contributed by atoms with Crippen molar-refractivity contribution in [1.82, 2.24) is 19.9 Å². The maximum absolute atomic E-state index is 13.3. The zero-order chi connectivity index (χ0) is 18.4. The highest BCUT2D eigenvalue weighted by Crippen LogP contribution is 2.45. The normalized spacial score (nSPS) is 19.1. The number of carbonyl (C=O) groups excluding carboxylic acids is 1. The van der Waals surface area contributed by atoms with Gasteiger partial charge in [-0.3, -0.25) is 4.79 Å². The molecule has 1 aliphatic carbocycles. The van der Waals surface area contributed by atoms with Gasteiger partial charge in [-0.05, 0) is 38.2 Å². The molecule has 1 fully saturated rings. The van der Waals surface area contributed by atoms with Gasteiger partial charge in [-0.2, -0.15) is 0 Å². The van der Waals surface area contributed by atoms with E-state index in [1.165, 1.54) is 0 Å². The lowest BCUT2D eigenvalue weighted by Gasteiger charge is -2.26. The molecular weight excluding hydrogens is 332 g/mol. The molecule has 0 bridgehead atoms. The van der Waals surface area contributed by atoms with Crippen molar-refractivity contribution in [2.45, 2.75) is 70.1 Å². The number of aliphatic hydroxyl groups is 1. The van der Waals surface area contributed by atoms with Crippen LogP contribution in [0.15, 0.2) is 22.9 Å². The average molecular weight is 358 g/mol. The molecule has 1 aliphatic heterocycles. The van der Waals surface area contributed by atoms with E-state index in [4.69, 9.17) is 4.42 Å². The van der Waals surface area contributed by atoms with Crippen molar-refractivity contribution in [2.24, 2.45) is 0 Å². The lowest BCUT2D eigenvalue weighted by atomic mass is 9.94. The molecule has 0 radical (unpaired) electrons. The van der Waals surface area contributed by atoms with Crippen LogP contribution in [0.2, 0.25) is 0 Å². The largest absolute Gasteiger partial charge is 0.469 e. The molecule has 26 heavy (non-hydrogen) atoms. The maximum atomic E-state index is 13.3. The second-order valence-electron chi connectivity index (χ2n) is 7.52. The molecule has 140 valence electrons. The van der Waals surface area contributed by atoms with Gasteiger partial charge in [0.1, 0.15) is 22.6 Å². The number of hydrogen-bond donors (Lipinski definition) is 1. The summed E-state index contributed by atoms with van der Waals surface area (Å²) in [6.07, 6.45) is 7.89. The minimum Gasteiger partial charge on any atom is -0.469 e. The minimum absolute atomic E-state index is 0.0968. The molecule has 1 saturated carbocycles. The van der Waals surface area contributed by atoms with E-state index in [9.17, 15) is 9.90 Å². The van der Waals surface area contributed by atoms with Crippen molar-refractivity contribution >= 4 is 5.91 Å². The first-order valence-electron chi connectivity index (χ1n) is 9.53. The maximum Gasteiger partial charge on any atom is 0.250 e. The van der Waals surface area contributed by atoms with E-state index < -0.39 is 11.1 Å². The third kappa shape index (κ3) is 2.65. The first-order chi connectivity index (χ1) is 12.5. The lowest BCUT2D eigenvalue weighted by molar-refractivity contribution is -0.137. The monoisotopic (exact) mass is 358 g/mol. The van der Waals surface area contributed by atoms with Crippen molar-refractivity contribution in [3.63, 3.8) is 0 Å². The summed E-state index contributed by atoms with van der Waals surface area (Å²) in [6, 6.07) is 1.96. The molecule has 2 aliphatic rings. The molecule has 0 atom stereocenters. The molecular formula is C19H26N4O3. The number of carbonyl (C=O) groups is 1. The topological polar surface area (TPSA) is 84.4 Å². The van der Waals surface area contributed by atoms with E-state index in [0.717, 1.165) is 43.6 Å². The van der Waals surface area contributed by atoms with E-state index >= 15 is 0 Å². The summed E-state index contributed by atoms with van der Waals surface area (Å²) in [4.78, 5) is 15.2. The fraction of sp³-hybridized carbons (Fsp3) is 0.632. The van der Waals surface area contributed by atoms with E-state index in [2.05, 4.69) is 10.3 Å². The molecule has 1 amide bonds. The molecule has 7 heteroatoms. The van der Waals surface area contributed by atoms with Gasteiger partial charge in [0.25, 0.3) is 5.91 Å². The molecule has 2 aromatic heterocycles. The van der Waals surface area contributed by atoms with Gasteiger partial charge in [0.2, 0.25) is 0 Å². The summed E-state index contributed by atoms with van der Waals surface area (Å²) in [5, 5.41) is 19.1. The average Bonchev–Trinajstić information content (AvgIpc) is 3.18. The number of hydrogen-bond acceptors (Lipinski definition) is 5. The van der Waals surface area contributed by atoms with Crippen molar-refractivity contribution in [2.75, 3.05) is 6.54 Å². The Balaban J connectivity index is 1.58. The van der Waals surface area contributed by atoms with Crippen molar-refractivity contribution < 1.29 is 14.3 Å². The SMILES string of the molecule is CCC(O)(CC)c1cn(C2(C(=O)N3CCCc4occc4C3)CC2)nn1. The summed E-state index contributed by atoms with van der Waals surface area (Å²) >= 11 is 0. The van der Waals surface area contributed by atoms with Crippen LogP contribution in [0, 0.1) is 0 Å².